The molecule has 0 bridgehead atoms. The van der Waals surface area contributed by atoms with Crippen LogP contribution in [0.15, 0.2) is 12.2 Å². The zero-order valence-electron chi connectivity index (χ0n) is 24.7. The third kappa shape index (κ3) is 6.06. The summed E-state index contributed by atoms with van der Waals surface area (Å²) >= 11 is 0. The van der Waals surface area contributed by atoms with E-state index in [1.54, 1.807) is 0 Å². The second-order valence-electron chi connectivity index (χ2n) is 15.4. The van der Waals surface area contributed by atoms with Crippen LogP contribution in [-0.2, 0) is 0 Å². The van der Waals surface area contributed by atoms with Crippen LogP contribution in [0.3, 0.4) is 0 Å². The van der Waals surface area contributed by atoms with Crippen LogP contribution in [0.4, 0.5) is 0 Å². The summed E-state index contributed by atoms with van der Waals surface area (Å²) in [6.45, 7) is 7.47. The highest BCUT2D eigenvalue weighted by atomic mass is 15.1. The highest BCUT2D eigenvalue weighted by molar-refractivity contribution is 5.09. The number of allylic oxidation sites excluding steroid dienone is 2. The molecule has 2 heterocycles. The Hall–Kier alpha value is -0.340. The molecule has 2 nitrogen and oxygen atoms in total. The van der Waals surface area contributed by atoms with Gasteiger partial charge < -0.3 is 10.6 Å². The minimum Gasteiger partial charge on any atom is -0.310 e. The standard InChI is InChI=1S/C35H60N2/c1-23-12-14-26(15-13-23)16-17-27-8-7-11-29(22-27)33-21-25(3)37-35-31(33)19-18-30-32(20-24(2)36-34(30)35)28-9-5-4-6-10-28/h16-17,23-37H,4-15,18-22H2,1-3H3. The molecule has 0 aromatic rings. The van der Waals surface area contributed by atoms with E-state index < -0.39 is 0 Å². The monoisotopic (exact) mass is 508 g/mol. The molecule has 2 saturated heterocycles. The molecule has 0 aromatic carbocycles. The van der Waals surface area contributed by atoms with Crippen molar-refractivity contribution in [3.05, 3.63) is 12.2 Å². The van der Waals surface area contributed by atoms with Crippen molar-refractivity contribution in [2.45, 2.75) is 154 Å². The maximum Gasteiger partial charge on any atom is 0.0257 e. The molecule has 2 N–H and O–H groups in total. The van der Waals surface area contributed by atoms with E-state index in [-0.39, 0.29) is 0 Å². The minimum absolute atomic E-state index is 0.692. The van der Waals surface area contributed by atoms with Crippen LogP contribution in [0.1, 0.15) is 130 Å². The van der Waals surface area contributed by atoms with Gasteiger partial charge in [-0.15, -0.1) is 0 Å². The molecule has 0 amide bonds. The lowest BCUT2D eigenvalue weighted by molar-refractivity contribution is -0.0311. The molecule has 0 spiro atoms. The van der Waals surface area contributed by atoms with Crippen molar-refractivity contribution in [3.63, 3.8) is 0 Å². The summed E-state index contributed by atoms with van der Waals surface area (Å²) in [4.78, 5) is 0. The van der Waals surface area contributed by atoms with Crippen molar-refractivity contribution in [1.29, 1.82) is 0 Å². The van der Waals surface area contributed by atoms with E-state index in [0.717, 1.165) is 65.3 Å². The quantitative estimate of drug-likeness (QED) is 0.372. The van der Waals surface area contributed by atoms with Crippen molar-refractivity contribution in [1.82, 2.24) is 10.6 Å². The molecular formula is C35H60N2. The maximum absolute atomic E-state index is 4.24. The van der Waals surface area contributed by atoms with E-state index in [9.17, 15) is 0 Å². The molecule has 0 radical (unpaired) electrons. The Morgan fingerprint density at radius 2 is 1.03 bits per heavy atom. The Morgan fingerprint density at radius 3 is 1.68 bits per heavy atom. The van der Waals surface area contributed by atoms with Gasteiger partial charge in [0.05, 0.1) is 0 Å². The highest BCUT2D eigenvalue weighted by Crippen LogP contribution is 2.51. The molecular weight excluding hydrogens is 448 g/mol. The SMILES string of the molecule is CC1CCC(C=CC2CCCC(C3CC(C)NC4C3CCC3C(C5CCCCC5)CC(C)NC34)C2)CC1. The summed E-state index contributed by atoms with van der Waals surface area (Å²) in [6.07, 6.45) is 30.6. The van der Waals surface area contributed by atoms with Gasteiger partial charge in [-0.1, -0.05) is 76.9 Å². The first-order valence-corrected chi connectivity index (χ1v) is 17.3. The zero-order chi connectivity index (χ0) is 25.4. The van der Waals surface area contributed by atoms with Crippen LogP contribution in [0.2, 0.25) is 0 Å². The van der Waals surface area contributed by atoms with Crippen LogP contribution in [0.5, 0.6) is 0 Å². The maximum atomic E-state index is 4.24. The van der Waals surface area contributed by atoms with Gasteiger partial charge in [0.1, 0.15) is 0 Å². The van der Waals surface area contributed by atoms with Crippen molar-refractivity contribution in [3.8, 4) is 0 Å². The van der Waals surface area contributed by atoms with Crippen LogP contribution >= 0.6 is 0 Å². The molecule has 2 heteroatoms. The van der Waals surface area contributed by atoms with Crippen LogP contribution in [0, 0.1) is 53.3 Å². The van der Waals surface area contributed by atoms with E-state index >= 15 is 0 Å². The van der Waals surface area contributed by atoms with Crippen molar-refractivity contribution >= 4 is 0 Å². The number of hydrogen-bond acceptors (Lipinski definition) is 2. The first kappa shape index (κ1) is 26.9. The Bertz CT molecular complexity index is 746. The van der Waals surface area contributed by atoms with Gasteiger partial charge in [-0.2, -0.15) is 0 Å². The Balaban J connectivity index is 1.13. The van der Waals surface area contributed by atoms with Gasteiger partial charge in [-0.25, -0.2) is 0 Å². The van der Waals surface area contributed by atoms with Gasteiger partial charge in [0.15, 0.2) is 0 Å². The Kier molecular flexibility index (Phi) is 8.74. The average Bonchev–Trinajstić information content (AvgIpc) is 2.92. The zero-order valence-corrected chi connectivity index (χ0v) is 24.7. The summed E-state index contributed by atoms with van der Waals surface area (Å²) in [5.74, 6) is 8.50. The van der Waals surface area contributed by atoms with Crippen LogP contribution < -0.4 is 10.6 Å². The van der Waals surface area contributed by atoms with Gasteiger partial charge in [0.2, 0.25) is 0 Å². The van der Waals surface area contributed by atoms with Gasteiger partial charge in [-0.05, 0) is 118 Å². The fourth-order valence-corrected chi connectivity index (χ4v) is 10.9. The predicted molar refractivity (Wildman–Crippen MR) is 157 cm³/mol. The van der Waals surface area contributed by atoms with Gasteiger partial charge in [0.25, 0.3) is 0 Å². The fraction of sp³-hybridized carbons (Fsp3) is 0.943. The number of nitrogens with one attached hydrogen (secondary N) is 2. The predicted octanol–water partition coefficient (Wildman–Crippen LogP) is 8.52. The molecule has 10 atom stereocenters. The lowest BCUT2D eigenvalue weighted by Gasteiger charge is -2.58. The van der Waals surface area contributed by atoms with Crippen LogP contribution in [0.25, 0.3) is 0 Å². The number of hydrogen-bond donors (Lipinski definition) is 2. The second-order valence-corrected chi connectivity index (χ2v) is 15.4. The largest absolute Gasteiger partial charge is 0.310 e. The third-order valence-electron chi connectivity index (χ3n) is 12.8. The van der Waals surface area contributed by atoms with Crippen molar-refractivity contribution in [2.24, 2.45) is 53.3 Å². The van der Waals surface area contributed by atoms with E-state index in [1.165, 1.54) is 109 Å². The summed E-state index contributed by atoms with van der Waals surface area (Å²) in [5.41, 5.74) is 0. The Labute approximate surface area is 230 Å². The molecule has 10 unspecified atom stereocenters. The lowest BCUT2D eigenvalue weighted by atomic mass is 9.55. The molecule has 37 heavy (non-hydrogen) atoms. The number of piperidine rings is 2. The van der Waals surface area contributed by atoms with Gasteiger partial charge in [-0.3, -0.25) is 0 Å². The van der Waals surface area contributed by atoms with Crippen LogP contribution in [-0.4, -0.2) is 24.2 Å². The smallest absolute Gasteiger partial charge is 0.0257 e. The van der Waals surface area contributed by atoms with E-state index in [0.29, 0.717) is 12.1 Å². The minimum atomic E-state index is 0.692. The molecule has 4 saturated carbocycles. The molecule has 6 rings (SSSR count). The average molecular weight is 509 g/mol. The van der Waals surface area contributed by atoms with Crippen molar-refractivity contribution in [2.75, 3.05) is 0 Å². The summed E-state index contributed by atoms with van der Waals surface area (Å²) < 4.78 is 0. The molecule has 0 aromatic heterocycles. The molecule has 210 valence electrons. The lowest BCUT2D eigenvalue weighted by Crippen LogP contribution is -2.68. The summed E-state index contributed by atoms with van der Waals surface area (Å²) in [7, 11) is 0. The van der Waals surface area contributed by atoms with Crippen molar-refractivity contribution < 1.29 is 0 Å². The highest BCUT2D eigenvalue weighted by Gasteiger charge is 2.52. The van der Waals surface area contributed by atoms with E-state index in [1.807, 2.05) is 0 Å². The molecule has 4 aliphatic carbocycles. The van der Waals surface area contributed by atoms with E-state index in [4.69, 9.17) is 0 Å². The topological polar surface area (TPSA) is 24.1 Å². The third-order valence-corrected chi connectivity index (χ3v) is 12.8. The number of fused-ring (bicyclic) bond motifs is 3. The first-order chi connectivity index (χ1) is 18.0. The second kappa shape index (κ2) is 12.0. The first-order valence-electron chi connectivity index (χ1n) is 17.3. The molecule has 6 fully saturated rings. The normalized spacial score (nSPS) is 49.9. The molecule has 6 aliphatic rings. The Morgan fingerprint density at radius 1 is 0.459 bits per heavy atom. The van der Waals surface area contributed by atoms with E-state index in [2.05, 4.69) is 43.6 Å². The summed E-state index contributed by atoms with van der Waals surface area (Å²) in [6, 6.07) is 2.85. The number of rotatable bonds is 4. The van der Waals surface area contributed by atoms with Gasteiger partial charge >= 0.3 is 0 Å². The molecule has 2 aliphatic heterocycles. The van der Waals surface area contributed by atoms with Gasteiger partial charge in [0, 0.05) is 24.2 Å². The fourth-order valence-electron chi connectivity index (χ4n) is 10.9. The summed E-state index contributed by atoms with van der Waals surface area (Å²) in [5, 5.41) is 8.46.